The van der Waals surface area contributed by atoms with Crippen LogP contribution in [-0.4, -0.2) is 63.6 Å². The van der Waals surface area contributed by atoms with E-state index in [0.29, 0.717) is 6.04 Å². The van der Waals surface area contributed by atoms with Crippen LogP contribution in [-0.2, 0) is 22.6 Å². The highest BCUT2D eigenvalue weighted by Crippen LogP contribution is 2.44. The maximum atomic E-state index is 12.7. The van der Waals surface area contributed by atoms with E-state index in [1.807, 2.05) is 10.8 Å². The Morgan fingerprint density at radius 2 is 1.83 bits per heavy atom. The van der Waals surface area contributed by atoms with Gasteiger partial charge in [-0.3, -0.25) is 9.69 Å². The Labute approximate surface area is 178 Å². The number of likely N-dealkylation sites (tertiary alicyclic amines) is 2. The maximum absolute atomic E-state index is 12.7. The van der Waals surface area contributed by atoms with Crippen molar-refractivity contribution in [2.45, 2.75) is 57.3 Å². The first-order valence-corrected chi connectivity index (χ1v) is 11.4. The molecule has 2 aromatic rings. The summed E-state index contributed by atoms with van der Waals surface area (Å²) in [4.78, 5) is 22.0. The van der Waals surface area contributed by atoms with Crippen LogP contribution < -0.4 is 0 Å². The molecule has 160 valence electrons. The zero-order valence-electron chi connectivity index (χ0n) is 17.7. The third kappa shape index (κ3) is 4.16. The summed E-state index contributed by atoms with van der Waals surface area (Å²) in [5.41, 5.74) is 1.15. The van der Waals surface area contributed by atoms with Gasteiger partial charge in [-0.15, -0.1) is 0 Å². The number of esters is 1. The summed E-state index contributed by atoms with van der Waals surface area (Å²) in [5, 5.41) is 0. The molecule has 3 saturated heterocycles. The van der Waals surface area contributed by atoms with Crippen LogP contribution in [0.5, 0.6) is 0 Å². The number of benzene rings is 1. The van der Waals surface area contributed by atoms with E-state index < -0.39 is 0 Å². The highest BCUT2D eigenvalue weighted by atomic mass is 16.6. The molecule has 0 aliphatic carbocycles. The van der Waals surface area contributed by atoms with Gasteiger partial charge < -0.3 is 14.2 Å². The number of cyclic esters (lactones) is 1. The van der Waals surface area contributed by atoms with Gasteiger partial charge in [0, 0.05) is 31.4 Å². The smallest absolute Gasteiger partial charge is 0.312 e. The van der Waals surface area contributed by atoms with Crippen molar-refractivity contribution < 1.29 is 9.53 Å². The van der Waals surface area contributed by atoms with Gasteiger partial charge in [0.25, 0.3) is 0 Å². The van der Waals surface area contributed by atoms with Crippen LogP contribution in [0.15, 0.2) is 49.1 Å². The molecule has 0 saturated carbocycles. The topological polar surface area (TPSA) is 50.6 Å². The van der Waals surface area contributed by atoms with E-state index in [-0.39, 0.29) is 17.5 Å². The molecule has 5 rings (SSSR count). The van der Waals surface area contributed by atoms with Crippen LogP contribution in [0.4, 0.5) is 0 Å². The number of aromatic nitrogens is 2. The molecule has 4 heterocycles. The van der Waals surface area contributed by atoms with Crippen molar-refractivity contribution in [2.24, 2.45) is 5.41 Å². The number of hydrogen-bond donors (Lipinski definition) is 0. The van der Waals surface area contributed by atoms with Crippen molar-refractivity contribution >= 4 is 5.97 Å². The fourth-order valence-electron chi connectivity index (χ4n) is 5.58. The predicted molar refractivity (Wildman–Crippen MR) is 115 cm³/mol. The molecule has 30 heavy (non-hydrogen) atoms. The van der Waals surface area contributed by atoms with Crippen LogP contribution in [0.3, 0.4) is 0 Å². The molecule has 3 fully saturated rings. The van der Waals surface area contributed by atoms with Crippen LogP contribution in [0.1, 0.15) is 37.7 Å². The molecule has 1 atom stereocenters. The molecule has 1 spiro atoms. The van der Waals surface area contributed by atoms with E-state index in [2.05, 4.69) is 45.1 Å². The highest BCUT2D eigenvalue weighted by Gasteiger charge is 2.50. The summed E-state index contributed by atoms with van der Waals surface area (Å²) in [7, 11) is 0. The Hall–Kier alpha value is -2.18. The largest absolute Gasteiger partial charge is 0.460 e. The molecule has 1 aromatic carbocycles. The summed E-state index contributed by atoms with van der Waals surface area (Å²) in [6.07, 6.45) is 10.7. The predicted octanol–water partition coefficient (Wildman–Crippen LogP) is 2.95. The van der Waals surface area contributed by atoms with Gasteiger partial charge in [-0.25, -0.2) is 4.98 Å². The molecule has 0 bridgehead atoms. The number of imidazole rings is 1. The third-order valence-electron chi connectivity index (χ3n) is 7.38. The Balaban J connectivity index is 1.10. The number of hydrogen-bond acceptors (Lipinski definition) is 5. The molecule has 1 unspecified atom stereocenters. The van der Waals surface area contributed by atoms with Crippen molar-refractivity contribution in [3.8, 4) is 0 Å². The van der Waals surface area contributed by atoms with Crippen molar-refractivity contribution in [1.82, 2.24) is 19.4 Å². The summed E-state index contributed by atoms with van der Waals surface area (Å²) in [5.74, 6) is 0.0324. The van der Waals surface area contributed by atoms with Crippen molar-refractivity contribution in [1.29, 1.82) is 0 Å². The van der Waals surface area contributed by atoms with Gasteiger partial charge in [-0.05, 0) is 57.4 Å². The highest BCUT2D eigenvalue weighted by molar-refractivity contribution is 5.79. The van der Waals surface area contributed by atoms with Crippen LogP contribution in [0.2, 0.25) is 0 Å². The molecule has 3 aliphatic rings. The molecule has 6 heteroatoms. The van der Waals surface area contributed by atoms with E-state index >= 15 is 0 Å². The van der Waals surface area contributed by atoms with Crippen LogP contribution in [0, 0.1) is 5.41 Å². The fourth-order valence-corrected chi connectivity index (χ4v) is 5.58. The van der Waals surface area contributed by atoms with Gasteiger partial charge in [0.15, 0.2) is 0 Å². The average Bonchev–Trinajstić information content (AvgIpc) is 3.38. The number of carbonyl (C=O) groups is 1. The molecular formula is C24H32N4O2. The Morgan fingerprint density at radius 1 is 1.07 bits per heavy atom. The molecular weight excluding hydrogens is 376 g/mol. The first kappa shape index (κ1) is 19.8. The van der Waals surface area contributed by atoms with E-state index in [0.717, 1.165) is 58.5 Å². The maximum Gasteiger partial charge on any atom is 0.312 e. The Kier molecular flexibility index (Phi) is 5.61. The normalized spacial score (nSPS) is 25.6. The number of ether oxygens (including phenoxy) is 1. The lowest BCUT2D eigenvalue weighted by Crippen LogP contribution is -2.50. The van der Waals surface area contributed by atoms with Gasteiger partial charge in [-0.1, -0.05) is 30.3 Å². The molecule has 3 aliphatic heterocycles. The average molecular weight is 409 g/mol. The van der Waals surface area contributed by atoms with Crippen LogP contribution in [0.25, 0.3) is 0 Å². The van der Waals surface area contributed by atoms with E-state index in [4.69, 9.17) is 4.74 Å². The second-order valence-electron chi connectivity index (χ2n) is 9.30. The summed E-state index contributed by atoms with van der Waals surface area (Å²) in [6.45, 7) is 6.15. The summed E-state index contributed by atoms with van der Waals surface area (Å²) in [6, 6.07) is 11.4. The molecule has 0 radical (unpaired) electrons. The lowest BCUT2D eigenvalue weighted by atomic mass is 9.75. The molecule has 6 nitrogen and oxygen atoms in total. The zero-order valence-corrected chi connectivity index (χ0v) is 17.7. The van der Waals surface area contributed by atoms with Crippen molar-refractivity contribution in [3.63, 3.8) is 0 Å². The first-order valence-electron chi connectivity index (χ1n) is 11.4. The molecule has 0 amide bonds. The number of nitrogens with zero attached hydrogens (tertiary/aromatic N) is 4. The number of piperidine rings is 2. The minimum Gasteiger partial charge on any atom is -0.460 e. The first-order chi connectivity index (χ1) is 14.7. The standard InChI is InChI=1S/C24H32N4O2/c29-23-24(16-22(30-23)18-27-15-10-25-19-27)8-13-28(14-9-24)21-6-11-26(12-7-21)17-20-4-2-1-3-5-20/h1-5,10,15,19,21-22H,6-9,11-14,16-18H2. The van der Waals surface area contributed by atoms with Crippen LogP contribution >= 0.6 is 0 Å². The summed E-state index contributed by atoms with van der Waals surface area (Å²) >= 11 is 0. The van der Waals surface area contributed by atoms with Gasteiger partial charge in [-0.2, -0.15) is 0 Å². The lowest BCUT2D eigenvalue weighted by Gasteiger charge is -2.43. The molecule has 0 N–H and O–H groups in total. The Morgan fingerprint density at radius 3 is 2.53 bits per heavy atom. The second-order valence-corrected chi connectivity index (χ2v) is 9.30. The minimum atomic E-state index is -0.254. The van der Waals surface area contributed by atoms with Crippen molar-refractivity contribution in [3.05, 3.63) is 54.6 Å². The Bertz CT molecular complexity index is 822. The van der Waals surface area contributed by atoms with E-state index in [9.17, 15) is 4.79 Å². The number of rotatable bonds is 5. The SMILES string of the molecule is O=C1OC(Cn2ccnc2)CC12CCN(C1CCN(Cc3ccccc3)CC1)CC2. The third-order valence-corrected chi connectivity index (χ3v) is 7.38. The quantitative estimate of drug-likeness (QED) is 0.712. The summed E-state index contributed by atoms with van der Waals surface area (Å²) < 4.78 is 7.78. The monoisotopic (exact) mass is 408 g/mol. The van der Waals surface area contributed by atoms with Crippen molar-refractivity contribution in [2.75, 3.05) is 26.2 Å². The second kappa shape index (κ2) is 8.52. The number of carbonyl (C=O) groups excluding carboxylic acids is 1. The molecule has 1 aromatic heterocycles. The van der Waals surface area contributed by atoms with Gasteiger partial charge in [0.1, 0.15) is 6.10 Å². The minimum absolute atomic E-state index is 0.0144. The van der Waals surface area contributed by atoms with E-state index in [1.54, 1.807) is 12.5 Å². The zero-order chi connectivity index (χ0) is 20.4. The fraction of sp³-hybridized carbons (Fsp3) is 0.583. The van der Waals surface area contributed by atoms with Gasteiger partial charge in [0.05, 0.1) is 18.3 Å². The van der Waals surface area contributed by atoms with Gasteiger partial charge in [0.2, 0.25) is 0 Å². The van der Waals surface area contributed by atoms with Gasteiger partial charge >= 0.3 is 5.97 Å². The van der Waals surface area contributed by atoms with E-state index in [1.165, 1.54) is 18.4 Å². The lowest BCUT2D eigenvalue weighted by molar-refractivity contribution is -0.151.